The predicted octanol–water partition coefficient (Wildman–Crippen LogP) is 2.99. The molecule has 0 aliphatic carbocycles. The lowest BCUT2D eigenvalue weighted by Gasteiger charge is -2.37. The summed E-state index contributed by atoms with van der Waals surface area (Å²) in [5.41, 5.74) is 3.33. The van der Waals surface area contributed by atoms with E-state index < -0.39 is 5.60 Å². The molecular formula is C25H29N9O3. The molecule has 1 saturated heterocycles. The van der Waals surface area contributed by atoms with Gasteiger partial charge in [0.1, 0.15) is 11.1 Å². The SMILES string of the molecule is Cc1cn2nc(NC(=O)c3ccc(N4CCN(C(=O)OC(C)(C)C)CC4)c4ccnnc34)nc2c(C)n1. The highest BCUT2D eigenvalue weighted by Gasteiger charge is 2.27. The van der Waals surface area contributed by atoms with Gasteiger partial charge in [-0.1, -0.05) is 0 Å². The highest BCUT2D eigenvalue weighted by atomic mass is 16.6. The van der Waals surface area contributed by atoms with E-state index in [4.69, 9.17) is 4.74 Å². The maximum atomic E-state index is 13.2. The molecule has 12 nitrogen and oxygen atoms in total. The van der Waals surface area contributed by atoms with Gasteiger partial charge in [-0.15, -0.1) is 10.2 Å². The maximum Gasteiger partial charge on any atom is 0.410 e. The van der Waals surface area contributed by atoms with Crippen LogP contribution in [0.1, 0.15) is 42.5 Å². The van der Waals surface area contributed by atoms with Gasteiger partial charge in [0.15, 0.2) is 5.65 Å². The number of carbonyl (C=O) groups excluding carboxylic acids is 2. The summed E-state index contributed by atoms with van der Waals surface area (Å²) in [6.07, 6.45) is 3.05. The minimum atomic E-state index is -0.535. The molecule has 0 bridgehead atoms. The van der Waals surface area contributed by atoms with Gasteiger partial charge >= 0.3 is 6.09 Å². The fraction of sp³-hybridized carbons (Fsp3) is 0.400. The number of piperazine rings is 1. The van der Waals surface area contributed by atoms with Crippen LogP contribution >= 0.6 is 0 Å². The molecular weight excluding hydrogens is 474 g/mol. The van der Waals surface area contributed by atoms with Crippen molar-refractivity contribution in [1.82, 2.24) is 34.7 Å². The number of anilines is 2. The number of carbonyl (C=O) groups is 2. The lowest BCUT2D eigenvalue weighted by atomic mass is 10.1. The number of rotatable bonds is 3. The number of nitrogens with one attached hydrogen (secondary N) is 1. The van der Waals surface area contributed by atoms with Gasteiger partial charge in [-0.3, -0.25) is 15.1 Å². The highest BCUT2D eigenvalue weighted by molar-refractivity contribution is 6.13. The molecule has 0 unspecified atom stereocenters. The van der Waals surface area contributed by atoms with Gasteiger partial charge in [-0.2, -0.15) is 10.1 Å². The quantitative estimate of drug-likeness (QED) is 0.448. The number of benzene rings is 1. The van der Waals surface area contributed by atoms with E-state index >= 15 is 0 Å². The molecule has 4 heterocycles. The first-order valence-electron chi connectivity index (χ1n) is 12.1. The number of aryl methyl sites for hydroxylation is 2. The lowest BCUT2D eigenvalue weighted by molar-refractivity contribution is 0.0240. The van der Waals surface area contributed by atoms with E-state index in [2.05, 4.69) is 35.5 Å². The third kappa shape index (κ3) is 4.99. The van der Waals surface area contributed by atoms with Crippen LogP contribution in [0.2, 0.25) is 0 Å². The number of aromatic nitrogens is 6. The zero-order valence-electron chi connectivity index (χ0n) is 21.5. The molecule has 3 aromatic heterocycles. The van der Waals surface area contributed by atoms with Crippen molar-refractivity contribution < 1.29 is 14.3 Å². The molecule has 1 aliphatic rings. The largest absolute Gasteiger partial charge is 0.444 e. The smallest absolute Gasteiger partial charge is 0.410 e. The molecule has 4 aromatic rings. The molecule has 2 amide bonds. The second-order valence-corrected chi connectivity index (χ2v) is 10.0. The lowest BCUT2D eigenvalue weighted by Crippen LogP contribution is -2.50. The Morgan fingerprint density at radius 3 is 2.51 bits per heavy atom. The van der Waals surface area contributed by atoms with Gasteiger partial charge in [0, 0.05) is 37.3 Å². The molecule has 1 aliphatic heterocycles. The van der Waals surface area contributed by atoms with Gasteiger partial charge in [-0.05, 0) is 52.8 Å². The first-order valence-corrected chi connectivity index (χ1v) is 12.1. The first-order chi connectivity index (χ1) is 17.6. The maximum absolute atomic E-state index is 13.2. The summed E-state index contributed by atoms with van der Waals surface area (Å²) in [7, 11) is 0. The van der Waals surface area contributed by atoms with Crippen LogP contribution in [0, 0.1) is 13.8 Å². The van der Waals surface area contributed by atoms with Crippen molar-refractivity contribution >= 4 is 40.2 Å². The van der Waals surface area contributed by atoms with E-state index in [9.17, 15) is 9.59 Å². The van der Waals surface area contributed by atoms with Crippen molar-refractivity contribution in [2.75, 3.05) is 36.4 Å². The molecule has 0 spiro atoms. The molecule has 0 radical (unpaired) electrons. The van der Waals surface area contributed by atoms with E-state index in [1.54, 1.807) is 27.9 Å². The van der Waals surface area contributed by atoms with E-state index in [0.717, 1.165) is 22.5 Å². The summed E-state index contributed by atoms with van der Waals surface area (Å²) < 4.78 is 7.10. The van der Waals surface area contributed by atoms with E-state index in [-0.39, 0.29) is 17.9 Å². The van der Waals surface area contributed by atoms with Crippen LogP contribution in [0.15, 0.2) is 30.6 Å². The fourth-order valence-corrected chi connectivity index (χ4v) is 4.39. The molecule has 1 fully saturated rings. The average Bonchev–Trinajstić information content (AvgIpc) is 3.25. The Hall–Kier alpha value is -4.35. The predicted molar refractivity (Wildman–Crippen MR) is 138 cm³/mol. The Morgan fingerprint density at radius 1 is 1.03 bits per heavy atom. The van der Waals surface area contributed by atoms with Gasteiger partial charge in [-0.25, -0.2) is 9.31 Å². The van der Waals surface area contributed by atoms with Crippen LogP contribution in [0.3, 0.4) is 0 Å². The Balaban J connectivity index is 1.36. The number of hydrogen-bond acceptors (Lipinski definition) is 9. The normalized spacial score (nSPS) is 14.3. The van der Waals surface area contributed by atoms with Crippen molar-refractivity contribution in [3.8, 4) is 0 Å². The van der Waals surface area contributed by atoms with E-state index in [0.29, 0.717) is 42.9 Å². The first kappa shape index (κ1) is 24.3. The molecule has 1 aromatic carbocycles. The van der Waals surface area contributed by atoms with Crippen molar-refractivity contribution in [3.05, 3.63) is 47.5 Å². The number of amides is 2. The highest BCUT2D eigenvalue weighted by Crippen LogP contribution is 2.29. The van der Waals surface area contributed by atoms with E-state index in [1.807, 2.05) is 46.8 Å². The third-order valence-corrected chi connectivity index (χ3v) is 6.01. The van der Waals surface area contributed by atoms with Crippen LogP contribution in [0.5, 0.6) is 0 Å². The summed E-state index contributed by atoms with van der Waals surface area (Å²) in [6.45, 7) is 11.6. The minimum Gasteiger partial charge on any atom is -0.444 e. The van der Waals surface area contributed by atoms with Crippen molar-refractivity contribution in [2.24, 2.45) is 0 Å². The Morgan fingerprint density at radius 2 is 1.78 bits per heavy atom. The molecule has 12 heteroatoms. The monoisotopic (exact) mass is 503 g/mol. The van der Waals surface area contributed by atoms with Crippen LogP contribution in [-0.4, -0.2) is 78.5 Å². The Kier molecular flexibility index (Phi) is 6.10. The van der Waals surface area contributed by atoms with Gasteiger partial charge < -0.3 is 14.5 Å². The molecule has 5 rings (SSSR count). The topological polar surface area (TPSA) is 131 Å². The minimum absolute atomic E-state index is 0.180. The summed E-state index contributed by atoms with van der Waals surface area (Å²) in [5, 5.41) is 16.2. The molecule has 192 valence electrons. The number of hydrogen-bond donors (Lipinski definition) is 1. The second kappa shape index (κ2) is 9.26. The Bertz CT molecular complexity index is 1500. The van der Waals surface area contributed by atoms with Crippen LogP contribution in [0.25, 0.3) is 16.6 Å². The zero-order valence-corrected chi connectivity index (χ0v) is 21.5. The third-order valence-electron chi connectivity index (χ3n) is 6.01. The molecule has 37 heavy (non-hydrogen) atoms. The van der Waals surface area contributed by atoms with Gasteiger partial charge in [0.2, 0.25) is 5.95 Å². The van der Waals surface area contributed by atoms with Gasteiger partial charge in [0.05, 0.1) is 29.3 Å². The summed E-state index contributed by atoms with van der Waals surface area (Å²) in [4.78, 5) is 38.3. The van der Waals surface area contributed by atoms with Crippen molar-refractivity contribution in [1.29, 1.82) is 0 Å². The van der Waals surface area contributed by atoms with Crippen LogP contribution in [0.4, 0.5) is 16.4 Å². The van der Waals surface area contributed by atoms with Crippen molar-refractivity contribution in [2.45, 2.75) is 40.2 Å². The summed E-state index contributed by atoms with van der Waals surface area (Å²) in [5.74, 6) is -0.204. The fourth-order valence-electron chi connectivity index (χ4n) is 4.39. The zero-order chi connectivity index (χ0) is 26.3. The van der Waals surface area contributed by atoms with Crippen molar-refractivity contribution in [3.63, 3.8) is 0 Å². The summed E-state index contributed by atoms with van der Waals surface area (Å²) in [6, 6.07) is 5.47. The molecule has 0 atom stereocenters. The number of fused-ring (bicyclic) bond motifs is 2. The Labute approximate surface area is 213 Å². The van der Waals surface area contributed by atoms with Crippen LogP contribution < -0.4 is 10.2 Å². The number of ether oxygens (including phenoxy) is 1. The standard InChI is InChI=1S/C25H29N9O3/c1-15-14-34-21(16(2)27-15)28-23(31-34)29-22(35)18-6-7-19(17-8-9-26-30-20(17)18)32-10-12-33(13-11-32)24(36)37-25(3,4)5/h6-9,14H,10-13H2,1-5H3,(H,29,31,35). The number of nitrogens with zero attached hydrogens (tertiary/aromatic N) is 8. The van der Waals surface area contributed by atoms with Gasteiger partial charge in [0.25, 0.3) is 5.91 Å². The van der Waals surface area contributed by atoms with Crippen LogP contribution in [-0.2, 0) is 4.74 Å². The summed E-state index contributed by atoms with van der Waals surface area (Å²) >= 11 is 0. The molecule has 0 saturated carbocycles. The second-order valence-electron chi connectivity index (χ2n) is 10.0. The van der Waals surface area contributed by atoms with E-state index in [1.165, 1.54) is 0 Å². The molecule has 1 N–H and O–H groups in total. The average molecular weight is 504 g/mol.